The number of hydrogen-bond acceptors (Lipinski definition) is 8. The molecule has 0 bridgehead atoms. The molecule has 0 saturated carbocycles. The Bertz CT molecular complexity index is 1080. The van der Waals surface area contributed by atoms with E-state index in [9.17, 15) is 14.4 Å². The summed E-state index contributed by atoms with van der Waals surface area (Å²) >= 11 is 7.19. The van der Waals surface area contributed by atoms with Gasteiger partial charge in [-0.1, -0.05) is 18.5 Å². The van der Waals surface area contributed by atoms with Crippen LogP contribution in [0, 0.1) is 0 Å². The number of methoxy groups -OCH3 is 2. The van der Waals surface area contributed by atoms with Gasteiger partial charge in [-0.2, -0.15) is 0 Å². The Morgan fingerprint density at radius 1 is 1.28 bits per heavy atom. The van der Waals surface area contributed by atoms with E-state index >= 15 is 0 Å². The zero-order valence-electron chi connectivity index (χ0n) is 18.0. The highest BCUT2D eigenvalue weighted by Crippen LogP contribution is 2.39. The summed E-state index contributed by atoms with van der Waals surface area (Å²) in [4.78, 5) is 38.0. The summed E-state index contributed by atoms with van der Waals surface area (Å²) in [7, 11) is 2.73. The van der Waals surface area contributed by atoms with E-state index in [0.717, 1.165) is 23.1 Å². The zero-order valence-corrected chi connectivity index (χ0v) is 19.5. The first kappa shape index (κ1) is 23.7. The van der Waals surface area contributed by atoms with Crippen LogP contribution in [0.2, 0.25) is 5.02 Å². The standard InChI is InChI=1S/C22H22ClNO7S/c1-5-12(2)30-19-15(23)8-13(9-17(19)28-3)10-18-20(25)24(22(27)32-18)11-14-6-7-16(31-14)21(26)29-4/h6-10,12H,5,11H2,1-4H3/b18-10+/t12-/m1/s1. The number of carbonyl (C=O) groups is 3. The molecule has 170 valence electrons. The van der Waals surface area contributed by atoms with Crippen LogP contribution in [0.1, 0.15) is 42.1 Å². The molecular formula is C22H22ClNO7S. The summed E-state index contributed by atoms with van der Waals surface area (Å²) in [5.74, 6) is 0.00164. The maximum absolute atomic E-state index is 12.8. The van der Waals surface area contributed by atoms with Gasteiger partial charge < -0.3 is 18.6 Å². The maximum Gasteiger partial charge on any atom is 0.373 e. The predicted octanol–water partition coefficient (Wildman–Crippen LogP) is 5.14. The summed E-state index contributed by atoms with van der Waals surface area (Å²) in [5.41, 5.74) is 0.583. The van der Waals surface area contributed by atoms with Crippen LogP contribution in [0.3, 0.4) is 0 Å². The normalized spacial score (nSPS) is 15.9. The van der Waals surface area contributed by atoms with Gasteiger partial charge in [0.15, 0.2) is 11.5 Å². The molecule has 3 rings (SSSR count). The van der Waals surface area contributed by atoms with Gasteiger partial charge in [0.25, 0.3) is 11.1 Å². The topological polar surface area (TPSA) is 95.3 Å². The third-order valence-electron chi connectivity index (χ3n) is 4.68. The molecule has 8 nitrogen and oxygen atoms in total. The number of carbonyl (C=O) groups excluding carboxylic acids is 3. The lowest BCUT2D eigenvalue weighted by atomic mass is 10.1. The van der Waals surface area contributed by atoms with Crippen LogP contribution >= 0.6 is 23.4 Å². The number of hydrogen-bond donors (Lipinski definition) is 0. The first-order valence-electron chi connectivity index (χ1n) is 9.73. The Morgan fingerprint density at radius 2 is 2.03 bits per heavy atom. The number of esters is 1. The SMILES string of the molecule is CC[C@@H](C)Oc1c(Cl)cc(/C=C2/SC(=O)N(Cc3ccc(C(=O)OC)o3)C2=O)cc1OC. The molecule has 0 unspecified atom stereocenters. The van der Waals surface area contributed by atoms with Crippen LogP contribution in [0.4, 0.5) is 4.79 Å². The van der Waals surface area contributed by atoms with Gasteiger partial charge in [-0.05, 0) is 61.0 Å². The van der Waals surface area contributed by atoms with E-state index in [0.29, 0.717) is 22.1 Å². The lowest BCUT2D eigenvalue weighted by molar-refractivity contribution is -0.123. The van der Waals surface area contributed by atoms with E-state index in [1.54, 1.807) is 18.2 Å². The quantitative estimate of drug-likeness (QED) is 0.379. The minimum absolute atomic E-state index is 0.00792. The predicted molar refractivity (Wildman–Crippen MR) is 120 cm³/mol. The third-order valence-corrected chi connectivity index (χ3v) is 5.87. The largest absolute Gasteiger partial charge is 0.493 e. The van der Waals surface area contributed by atoms with Gasteiger partial charge in [-0.25, -0.2) is 4.79 Å². The van der Waals surface area contributed by atoms with E-state index in [4.69, 9.17) is 25.5 Å². The molecule has 1 aliphatic rings. The van der Waals surface area contributed by atoms with Gasteiger partial charge in [0.05, 0.1) is 36.8 Å². The molecule has 10 heteroatoms. The molecule has 32 heavy (non-hydrogen) atoms. The van der Waals surface area contributed by atoms with Gasteiger partial charge >= 0.3 is 5.97 Å². The molecule has 0 N–H and O–H groups in total. The highest BCUT2D eigenvalue weighted by Gasteiger charge is 2.36. The number of halogens is 1. The van der Waals surface area contributed by atoms with Crippen LogP contribution in [-0.2, 0) is 16.1 Å². The fourth-order valence-electron chi connectivity index (χ4n) is 2.84. The second-order valence-corrected chi connectivity index (χ2v) is 8.30. The number of amides is 2. The van der Waals surface area contributed by atoms with Crippen molar-refractivity contribution in [3.8, 4) is 11.5 Å². The highest BCUT2D eigenvalue weighted by atomic mass is 35.5. The number of nitrogens with zero attached hydrogens (tertiary/aromatic N) is 1. The van der Waals surface area contributed by atoms with Crippen molar-refractivity contribution in [2.75, 3.05) is 14.2 Å². The fourth-order valence-corrected chi connectivity index (χ4v) is 3.94. The van der Waals surface area contributed by atoms with Gasteiger partial charge in [-0.15, -0.1) is 0 Å². The first-order chi connectivity index (χ1) is 15.3. The molecule has 0 radical (unpaired) electrons. The van der Waals surface area contributed by atoms with Crippen LogP contribution < -0.4 is 9.47 Å². The Morgan fingerprint density at radius 3 is 2.69 bits per heavy atom. The zero-order chi connectivity index (χ0) is 23.4. The molecule has 0 aliphatic carbocycles. The van der Waals surface area contributed by atoms with E-state index in [2.05, 4.69) is 4.74 Å². The lowest BCUT2D eigenvalue weighted by Gasteiger charge is -2.17. The lowest BCUT2D eigenvalue weighted by Crippen LogP contribution is -2.27. The molecule has 1 aliphatic heterocycles. The van der Waals surface area contributed by atoms with Crippen LogP contribution in [0.25, 0.3) is 6.08 Å². The smallest absolute Gasteiger partial charge is 0.373 e. The van der Waals surface area contributed by atoms with Crippen LogP contribution in [0.5, 0.6) is 11.5 Å². The Balaban J connectivity index is 1.81. The van der Waals surface area contributed by atoms with Crippen molar-refractivity contribution in [3.63, 3.8) is 0 Å². The summed E-state index contributed by atoms with van der Waals surface area (Å²) in [6.45, 7) is 3.81. The number of imide groups is 1. The van der Waals surface area contributed by atoms with Gasteiger partial charge in [0, 0.05) is 0 Å². The second kappa shape index (κ2) is 10.1. The third kappa shape index (κ3) is 5.11. The van der Waals surface area contributed by atoms with Gasteiger partial charge in [-0.3, -0.25) is 14.5 Å². The Kier molecular flexibility index (Phi) is 7.52. The van der Waals surface area contributed by atoms with Crippen LogP contribution in [0.15, 0.2) is 33.6 Å². The minimum atomic E-state index is -0.642. The van der Waals surface area contributed by atoms with E-state index in [1.165, 1.54) is 26.4 Å². The average molecular weight is 480 g/mol. The van der Waals surface area contributed by atoms with Crippen molar-refractivity contribution >= 4 is 46.6 Å². The maximum atomic E-state index is 12.8. The summed E-state index contributed by atoms with van der Waals surface area (Å²) in [6, 6.07) is 6.27. The molecule has 1 aromatic heterocycles. The molecule has 1 atom stereocenters. The van der Waals surface area contributed by atoms with Crippen molar-refractivity contribution in [2.45, 2.75) is 32.9 Å². The van der Waals surface area contributed by atoms with E-state index in [1.807, 2.05) is 13.8 Å². The summed E-state index contributed by atoms with van der Waals surface area (Å²) in [5, 5.41) is -0.117. The molecule has 2 amide bonds. The molecule has 1 aromatic carbocycles. The number of furan rings is 1. The van der Waals surface area contributed by atoms with Crippen molar-refractivity contribution in [3.05, 3.63) is 51.3 Å². The van der Waals surface area contributed by atoms with E-state index in [-0.39, 0.29) is 29.1 Å². The molecule has 1 saturated heterocycles. The monoisotopic (exact) mass is 479 g/mol. The number of ether oxygens (including phenoxy) is 3. The molecule has 2 heterocycles. The molecule has 1 fully saturated rings. The second-order valence-electron chi connectivity index (χ2n) is 6.90. The van der Waals surface area contributed by atoms with E-state index < -0.39 is 17.1 Å². The fraction of sp³-hybridized carbons (Fsp3) is 0.318. The van der Waals surface area contributed by atoms with Crippen molar-refractivity contribution in [1.82, 2.24) is 4.90 Å². The average Bonchev–Trinajstić information content (AvgIpc) is 3.35. The van der Waals surface area contributed by atoms with Crippen molar-refractivity contribution in [2.24, 2.45) is 0 Å². The minimum Gasteiger partial charge on any atom is -0.493 e. The van der Waals surface area contributed by atoms with Crippen molar-refractivity contribution in [1.29, 1.82) is 0 Å². The van der Waals surface area contributed by atoms with Crippen LogP contribution in [-0.4, -0.2) is 42.3 Å². The van der Waals surface area contributed by atoms with Crippen molar-refractivity contribution < 1.29 is 33.0 Å². The summed E-state index contributed by atoms with van der Waals surface area (Å²) < 4.78 is 21.2. The molecule has 0 spiro atoms. The molecular weight excluding hydrogens is 458 g/mol. The molecule has 2 aromatic rings. The van der Waals surface area contributed by atoms with Gasteiger partial charge in [0.2, 0.25) is 5.76 Å². The van der Waals surface area contributed by atoms with Gasteiger partial charge in [0.1, 0.15) is 5.76 Å². The highest BCUT2D eigenvalue weighted by molar-refractivity contribution is 8.18. The number of benzene rings is 1. The summed E-state index contributed by atoms with van der Waals surface area (Å²) in [6.07, 6.45) is 2.31. The first-order valence-corrected chi connectivity index (χ1v) is 10.9. The Hall–Kier alpha value is -2.91. The Labute approximate surface area is 194 Å². The number of thioether (sulfide) groups is 1. The number of rotatable bonds is 8.